The van der Waals surface area contributed by atoms with Crippen molar-refractivity contribution in [2.75, 3.05) is 6.54 Å². The zero-order valence-corrected chi connectivity index (χ0v) is 15.9. The first-order valence-corrected chi connectivity index (χ1v) is 9.06. The molecule has 0 saturated carbocycles. The number of carbonyl (C=O) groups is 1. The third-order valence-electron chi connectivity index (χ3n) is 4.45. The molecule has 0 aliphatic carbocycles. The van der Waals surface area contributed by atoms with E-state index in [0.29, 0.717) is 19.6 Å². The lowest BCUT2D eigenvalue weighted by Gasteiger charge is -2.30. The first kappa shape index (κ1) is 18.4. The van der Waals surface area contributed by atoms with Gasteiger partial charge in [0.05, 0.1) is 24.5 Å². The van der Waals surface area contributed by atoms with E-state index in [0.717, 1.165) is 29.8 Å². The molecule has 0 spiro atoms. The molecule has 0 saturated heterocycles. The molecule has 1 aromatic carbocycles. The van der Waals surface area contributed by atoms with Crippen LogP contribution in [-0.2, 0) is 30.7 Å². The van der Waals surface area contributed by atoms with Gasteiger partial charge in [-0.3, -0.25) is 4.68 Å². The number of aryl methyl sites for hydroxylation is 1. The monoisotopic (exact) mass is 359 g/mol. The molecule has 2 heterocycles. The van der Waals surface area contributed by atoms with E-state index in [9.17, 15) is 9.18 Å². The number of hydrogen-bond donors (Lipinski definition) is 0. The Balaban J connectivity index is 1.84. The van der Waals surface area contributed by atoms with E-state index in [1.165, 1.54) is 17.7 Å². The van der Waals surface area contributed by atoms with Crippen molar-refractivity contribution in [3.63, 3.8) is 0 Å². The highest BCUT2D eigenvalue weighted by molar-refractivity contribution is 5.68. The van der Waals surface area contributed by atoms with Crippen LogP contribution in [-0.4, -0.2) is 32.9 Å². The van der Waals surface area contributed by atoms with Crippen LogP contribution in [0.15, 0.2) is 24.3 Å². The number of aromatic nitrogens is 2. The standard InChI is InChI=1S/C20H26FN3O2/c1-5-17-16-10-11-23(19(25)26-20(2,3)4)13-18(16)24(22-17)12-14-6-8-15(21)9-7-14/h6-9H,5,10-13H2,1-4H3. The quantitative estimate of drug-likeness (QED) is 0.834. The van der Waals surface area contributed by atoms with Crippen molar-refractivity contribution in [2.45, 2.75) is 59.2 Å². The molecule has 0 unspecified atom stereocenters. The maximum Gasteiger partial charge on any atom is 0.410 e. The van der Waals surface area contributed by atoms with Gasteiger partial charge in [0.15, 0.2) is 0 Å². The molecular weight excluding hydrogens is 333 g/mol. The average Bonchev–Trinajstić information content (AvgIpc) is 2.92. The Kier molecular flexibility index (Phi) is 5.03. The van der Waals surface area contributed by atoms with Gasteiger partial charge in [-0.05, 0) is 51.3 Å². The van der Waals surface area contributed by atoms with Gasteiger partial charge in [-0.15, -0.1) is 0 Å². The summed E-state index contributed by atoms with van der Waals surface area (Å²) >= 11 is 0. The summed E-state index contributed by atoms with van der Waals surface area (Å²) in [5.41, 5.74) is 3.82. The van der Waals surface area contributed by atoms with Crippen LogP contribution >= 0.6 is 0 Å². The van der Waals surface area contributed by atoms with E-state index in [2.05, 4.69) is 6.92 Å². The van der Waals surface area contributed by atoms with Gasteiger partial charge in [0, 0.05) is 12.1 Å². The van der Waals surface area contributed by atoms with Gasteiger partial charge >= 0.3 is 6.09 Å². The number of carbonyl (C=O) groups excluding carboxylic acids is 1. The van der Waals surface area contributed by atoms with Crippen molar-refractivity contribution < 1.29 is 13.9 Å². The molecule has 0 atom stereocenters. The molecule has 6 heteroatoms. The minimum atomic E-state index is -0.514. The highest BCUT2D eigenvalue weighted by Crippen LogP contribution is 2.25. The maximum atomic E-state index is 13.2. The number of rotatable bonds is 3. The van der Waals surface area contributed by atoms with Crippen LogP contribution in [0.4, 0.5) is 9.18 Å². The molecule has 0 N–H and O–H groups in total. The number of halogens is 1. The molecule has 1 aliphatic heterocycles. The largest absolute Gasteiger partial charge is 0.444 e. The highest BCUT2D eigenvalue weighted by atomic mass is 19.1. The second kappa shape index (κ2) is 7.09. The number of ether oxygens (including phenoxy) is 1. The Morgan fingerprint density at radius 3 is 2.58 bits per heavy atom. The number of hydrogen-bond acceptors (Lipinski definition) is 3. The Hall–Kier alpha value is -2.37. The van der Waals surface area contributed by atoms with Crippen LogP contribution in [0.25, 0.3) is 0 Å². The van der Waals surface area contributed by atoms with Crippen LogP contribution in [0.2, 0.25) is 0 Å². The molecule has 5 nitrogen and oxygen atoms in total. The van der Waals surface area contributed by atoms with Crippen LogP contribution in [0, 0.1) is 5.82 Å². The van der Waals surface area contributed by atoms with Crippen LogP contribution in [0.3, 0.4) is 0 Å². The normalized spacial score (nSPS) is 14.3. The van der Waals surface area contributed by atoms with Crippen molar-refractivity contribution >= 4 is 6.09 Å². The fourth-order valence-electron chi connectivity index (χ4n) is 3.22. The third kappa shape index (κ3) is 4.06. The van der Waals surface area contributed by atoms with E-state index in [1.807, 2.05) is 25.5 Å². The first-order chi connectivity index (χ1) is 12.3. The zero-order chi connectivity index (χ0) is 18.9. The molecule has 0 radical (unpaired) electrons. The minimum Gasteiger partial charge on any atom is -0.444 e. The van der Waals surface area contributed by atoms with Crippen molar-refractivity contribution in [1.29, 1.82) is 0 Å². The van der Waals surface area contributed by atoms with Gasteiger partial charge in [0.2, 0.25) is 0 Å². The van der Waals surface area contributed by atoms with Crippen molar-refractivity contribution in [3.05, 3.63) is 52.6 Å². The lowest BCUT2D eigenvalue weighted by atomic mass is 10.0. The van der Waals surface area contributed by atoms with E-state index >= 15 is 0 Å². The van der Waals surface area contributed by atoms with E-state index < -0.39 is 5.60 Å². The fourth-order valence-corrected chi connectivity index (χ4v) is 3.22. The van der Waals surface area contributed by atoms with Crippen molar-refractivity contribution in [3.8, 4) is 0 Å². The molecular formula is C20H26FN3O2. The zero-order valence-electron chi connectivity index (χ0n) is 15.9. The van der Waals surface area contributed by atoms with Gasteiger partial charge < -0.3 is 9.64 Å². The number of nitrogens with zero attached hydrogens (tertiary/aromatic N) is 3. The summed E-state index contributed by atoms with van der Waals surface area (Å²) in [6, 6.07) is 6.45. The topological polar surface area (TPSA) is 47.4 Å². The van der Waals surface area contributed by atoms with E-state index in [-0.39, 0.29) is 11.9 Å². The second-order valence-electron chi connectivity index (χ2n) is 7.66. The molecule has 3 rings (SSSR count). The maximum absolute atomic E-state index is 13.2. The molecule has 2 aromatic rings. The van der Waals surface area contributed by atoms with E-state index in [4.69, 9.17) is 9.84 Å². The third-order valence-corrected chi connectivity index (χ3v) is 4.45. The second-order valence-corrected chi connectivity index (χ2v) is 7.66. The summed E-state index contributed by atoms with van der Waals surface area (Å²) in [7, 11) is 0. The predicted molar refractivity (Wildman–Crippen MR) is 97.5 cm³/mol. The molecule has 1 amide bonds. The fraction of sp³-hybridized carbons (Fsp3) is 0.500. The number of benzene rings is 1. The van der Waals surface area contributed by atoms with Gasteiger partial charge in [-0.2, -0.15) is 5.10 Å². The summed E-state index contributed by atoms with van der Waals surface area (Å²) in [5, 5.41) is 4.74. The highest BCUT2D eigenvalue weighted by Gasteiger charge is 2.29. The van der Waals surface area contributed by atoms with Gasteiger partial charge in [0.1, 0.15) is 11.4 Å². The van der Waals surface area contributed by atoms with Crippen LogP contribution in [0.1, 0.15) is 50.2 Å². The molecule has 1 aromatic heterocycles. The smallest absolute Gasteiger partial charge is 0.410 e. The molecule has 0 fully saturated rings. The van der Waals surface area contributed by atoms with Crippen LogP contribution < -0.4 is 0 Å². The molecule has 26 heavy (non-hydrogen) atoms. The SMILES string of the molecule is CCc1nn(Cc2ccc(F)cc2)c2c1CCN(C(=O)OC(C)(C)C)C2. The van der Waals surface area contributed by atoms with Crippen molar-refractivity contribution in [2.24, 2.45) is 0 Å². The summed E-state index contributed by atoms with van der Waals surface area (Å²) < 4.78 is 20.6. The molecule has 1 aliphatic rings. The van der Waals surface area contributed by atoms with Crippen molar-refractivity contribution in [1.82, 2.24) is 14.7 Å². The summed E-state index contributed by atoms with van der Waals surface area (Å²) in [4.78, 5) is 14.2. The summed E-state index contributed by atoms with van der Waals surface area (Å²) in [6.07, 6.45) is 1.34. The minimum absolute atomic E-state index is 0.249. The summed E-state index contributed by atoms with van der Waals surface area (Å²) in [5.74, 6) is -0.249. The Morgan fingerprint density at radius 1 is 1.27 bits per heavy atom. The van der Waals surface area contributed by atoms with Gasteiger partial charge in [-0.25, -0.2) is 9.18 Å². The Labute approximate surface area is 153 Å². The lowest BCUT2D eigenvalue weighted by molar-refractivity contribution is 0.0219. The van der Waals surface area contributed by atoms with Gasteiger partial charge in [-0.1, -0.05) is 19.1 Å². The van der Waals surface area contributed by atoms with Gasteiger partial charge in [0.25, 0.3) is 0 Å². The first-order valence-electron chi connectivity index (χ1n) is 9.06. The number of amides is 1. The summed E-state index contributed by atoms with van der Waals surface area (Å²) in [6.45, 7) is 9.38. The lowest BCUT2D eigenvalue weighted by Crippen LogP contribution is -2.40. The number of fused-ring (bicyclic) bond motifs is 1. The molecule has 0 bridgehead atoms. The molecule has 140 valence electrons. The average molecular weight is 359 g/mol. The predicted octanol–water partition coefficient (Wildman–Crippen LogP) is 3.93. The Bertz CT molecular complexity index is 791. The van der Waals surface area contributed by atoms with Crippen LogP contribution in [0.5, 0.6) is 0 Å². The Morgan fingerprint density at radius 2 is 1.96 bits per heavy atom. The van der Waals surface area contributed by atoms with E-state index in [1.54, 1.807) is 17.0 Å².